The Kier molecular flexibility index (Phi) is 5.55. The van der Waals surface area contributed by atoms with Gasteiger partial charge in [-0.15, -0.1) is 0 Å². The maximum atomic E-state index is 12.2. The van der Waals surface area contributed by atoms with Crippen molar-refractivity contribution in [3.05, 3.63) is 35.9 Å². The van der Waals surface area contributed by atoms with Crippen molar-refractivity contribution in [1.82, 2.24) is 0 Å². The summed E-state index contributed by atoms with van der Waals surface area (Å²) < 4.78 is 5.40. The van der Waals surface area contributed by atoms with Crippen LogP contribution in [0.25, 0.3) is 0 Å². The molecule has 0 aliphatic heterocycles. The summed E-state index contributed by atoms with van der Waals surface area (Å²) in [6, 6.07) is 9.71. The molecular formula is C16H24O3. The fourth-order valence-corrected chi connectivity index (χ4v) is 1.91. The van der Waals surface area contributed by atoms with Crippen LogP contribution in [0, 0.1) is 5.92 Å². The van der Waals surface area contributed by atoms with Crippen molar-refractivity contribution in [3.63, 3.8) is 0 Å². The summed E-state index contributed by atoms with van der Waals surface area (Å²) in [5, 5.41) is 10.0. The number of aliphatic hydroxyl groups is 1. The largest absolute Gasteiger partial charge is 0.460 e. The highest BCUT2D eigenvalue weighted by molar-refractivity contribution is 5.74. The number of benzene rings is 1. The van der Waals surface area contributed by atoms with Gasteiger partial charge >= 0.3 is 5.97 Å². The molecule has 0 aliphatic carbocycles. The van der Waals surface area contributed by atoms with Crippen molar-refractivity contribution in [1.29, 1.82) is 0 Å². The van der Waals surface area contributed by atoms with Crippen molar-refractivity contribution >= 4 is 5.97 Å². The number of aliphatic hydroxyl groups excluding tert-OH is 1. The summed E-state index contributed by atoms with van der Waals surface area (Å²) in [6.07, 6.45) is 0.372. The van der Waals surface area contributed by atoms with Crippen molar-refractivity contribution in [3.8, 4) is 0 Å². The van der Waals surface area contributed by atoms with Crippen LogP contribution in [-0.4, -0.2) is 22.8 Å². The molecule has 1 aromatic carbocycles. The fourth-order valence-electron chi connectivity index (χ4n) is 1.91. The first-order chi connectivity index (χ1) is 8.83. The lowest BCUT2D eigenvalue weighted by atomic mass is 9.92. The first-order valence-corrected chi connectivity index (χ1v) is 6.78. The zero-order chi connectivity index (χ0) is 14.5. The van der Waals surface area contributed by atoms with Gasteiger partial charge in [0.25, 0.3) is 0 Å². The smallest absolute Gasteiger partial charge is 0.312 e. The summed E-state index contributed by atoms with van der Waals surface area (Å²) in [4.78, 5) is 12.2. The molecule has 106 valence electrons. The van der Waals surface area contributed by atoms with Gasteiger partial charge in [-0.1, -0.05) is 37.3 Å². The van der Waals surface area contributed by atoms with Gasteiger partial charge in [-0.25, -0.2) is 0 Å². The van der Waals surface area contributed by atoms with E-state index < -0.39 is 17.6 Å². The fraction of sp³-hybridized carbons (Fsp3) is 0.562. The molecule has 0 aromatic heterocycles. The third kappa shape index (κ3) is 5.43. The van der Waals surface area contributed by atoms with Crippen LogP contribution < -0.4 is 0 Å². The van der Waals surface area contributed by atoms with Crippen LogP contribution in [0.5, 0.6) is 0 Å². The predicted octanol–water partition coefficient (Wildman–Crippen LogP) is 2.96. The van der Waals surface area contributed by atoms with Crippen LogP contribution >= 0.6 is 0 Å². The van der Waals surface area contributed by atoms with Crippen LogP contribution in [0.1, 0.15) is 39.7 Å². The lowest BCUT2D eigenvalue weighted by Crippen LogP contribution is -2.36. The van der Waals surface area contributed by atoms with Crippen LogP contribution in [-0.2, 0) is 16.0 Å². The van der Waals surface area contributed by atoms with Gasteiger partial charge in [-0.3, -0.25) is 4.79 Å². The normalized spacial score (nSPS) is 14.8. The van der Waals surface area contributed by atoms with Gasteiger partial charge < -0.3 is 9.84 Å². The molecule has 3 heteroatoms. The molecule has 0 spiro atoms. The minimum Gasteiger partial charge on any atom is -0.460 e. The van der Waals surface area contributed by atoms with Gasteiger partial charge in [0.05, 0.1) is 12.0 Å². The summed E-state index contributed by atoms with van der Waals surface area (Å²) in [6.45, 7) is 7.38. The highest BCUT2D eigenvalue weighted by atomic mass is 16.6. The molecule has 2 atom stereocenters. The average molecular weight is 264 g/mol. The van der Waals surface area contributed by atoms with E-state index in [1.54, 1.807) is 0 Å². The molecule has 0 unspecified atom stereocenters. The molecule has 1 aromatic rings. The first-order valence-electron chi connectivity index (χ1n) is 6.78. The lowest BCUT2D eigenvalue weighted by molar-refractivity contribution is -0.164. The second kappa shape index (κ2) is 6.71. The van der Waals surface area contributed by atoms with E-state index >= 15 is 0 Å². The van der Waals surface area contributed by atoms with Gasteiger partial charge in [-0.05, 0) is 39.2 Å². The highest BCUT2D eigenvalue weighted by Crippen LogP contribution is 2.20. The van der Waals surface area contributed by atoms with Gasteiger partial charge in [0.15, 0.2) is 0 Å². The number of rotatable bonds is 5. The van der Waals surface area contributed by atoms with Crippen molar-refractivity contribution in [2.75, 3.05) is 0 Å². The Bertz CT molecular complexity index is 392. The molecule has 0 radical (unpaired) electrons. The van der Waals surface area contributed by atoms with Gasteiger partial charge in [0.2, 0.25) is 0 Å². The van der Waals surface area contributed by atoms with Gasteiger partial charge in [0.1, 0.15) is 5.60 Å². The van der Waals surface area contributed by atoms with E-state index in [-0.39, 0.29) is 5.97 Å². The Morgan fingerprint density at radius 3 is 2.32 bits per heavy atom. The molecule has 0 saturated carbocycles. The Balaban J connectivity index is 2.81. The van der Waals surface area contributed by atoms with Crippen LogP contribution in [0.2, 0.25) is 0 Å². The number of hydrogen-bond acceptors (Lipinski definition) is 3. The number of carbonyl (C=O) groups is 1. The first kappa shape index (κ1) is 15.7. The average Bonchev–Trinajstić information content (AvgIpc) is 2.34. The SMILES string of the molecule is CC[C@@H](O)[C@H](Cc1ccccc1)C(=O)OC(C)(C)C. The van der Waals surface area contributed by atoms with Crippen LogP contribution in [0.4, 0.5) is 0 Å². The third-order valence-corrected chi connectivity index (χ3v) is 2.89. The van der Waals surface area contributed by atoms with E-state index in [0.717, 1.165) is 5.56 Å². The molecule has 19 heavy (non-hydrogen) atoms. The van der Waals surface area contributed by atoms with Crippen molar-refractivity contribution in [2.45, 2.75) is 52.2 Å². The second-order valence-corrected chi connectivity index (χ2v) is 5.81. The molecule has 0 amide bonds. The second-order valence-electron chi connectivity index (χ2n) is 5.81. The predicted molar refractivity (Wildman–Crippen MR) is 75.8 cm³/mol. The van der Waals surface area contributed by atoms with E-state index in [2.05, 4.69) is 0 Å². The summed E-state index contributed by atoms with van der Waals surface area (Å²) in [5.74, 6) is -0.836. The number of hydrogen-bond donors (Lipinski definition) is 1. The van der Waals surface area contributed by atoms with E-state index in [4.69, 9.17) is 4.74 Å². The van der Waals surface area contributed by atoms with E-state index in [1.165, 1.54) is 0 Å². The van der Waals surface area contributed by atoms with Gasteiger partial charge in [-0.2, -0.15) is 0 Å². The van der Waals surface area contributed by atoms with E-state index in [0.29, 0.717) is 12.8 Å². The maximum Gasteiger partial charge on any atom is 0.312 e. The quantitative estimate of drug-likeness (QED) is 0.832. The molecule has 3 nitrogen and oxygen atoms in total. The van der Waals surface area contributed by atoms with Crippen molar-refractivity contribution < 1.29 is 14.6 Å². The highest BCUT2D eigenvalue weighted by Gasteiger charge is 2.30. The molecule has 0 saturated heterocycles. The summed E-state index contributed by atoms with van der Waals surface area (Å²) in [5.41, 5.74) is 0.505. The lowest BCUT2D eigenvalue weighted by Gasteiger charge is -2.26. The molecule has 0 fully saturated rings. The molecule has 0 bridgehead atoms. The zero-order valence-corrected chi connectivity index (χ0v) is 12.2. The maximum absolute atomic E-state index is 12.2. The number of carbonyl (C=O) groups excluding carboxylic acids is 1. The van der Waals surface area contributed by atoms with Crippen molar-refractivity contribution in [2.24, 2.45) is 5.92 Å². The zero-order valence-electron chi connectivity index (χ0n) is 12.2. The third-order valence-electron chi connectivity index (χ3n) is 2.89. The van der Waals surface area contributed by atoms with Gasteiger partial charge in [0, 0.05) is 0 Å². The van der Waals surface area contributed by atoms with E-state index in [9.17, 15) is 9.90 Å². The Morgan fingerprint density at radius 2 is 1.84 bits per heavy atom. The summed E-state index contributed by atoms with van der Waals surface area (Å²) in [7, 11) is 0. The van der Waals surface area contributed by atoms with E-state index in [1.807, 2.05) is 58.0 Å². The Morgan fingerprint density at radius 1 is 1.26 bits per heavy atom. The topological polar surface area (TPSA) is 46.5 Å². The number of esters is 1. The van der Waals surface area contributed by atoms with Crippen LogP contribution in [0.3, 0.4) is 0 Å². The minimum absolute atomic E-state index is 0.328. The molecule has 1 rings (SSSR count). The molecule has 0 heterocycles. The monoisotopic (exact) mass is 264 g/mol. The number of ether oxygens (including phenoxy) is 1. The molecular weight excluding hydrogens is 240 g/mol. The molecule has 1 N–H and O–H groups in total. The molecule has 0 aliphatic rings. The standard InChI is InChI=1S/C16H24O3/c1-5-14(17)13(15(18)19-16(2,3)4)11-12-9-7-6-8-10-12/h6-10,13-14,17H,5,11H2,1-4H3/t13-,14+/m0/s1. The Labute approximate surface area is 115 Å². The van der Waals surface area contributed by atoms with Crippen LogP contribution in [0.15, 0.2) is 30.3 Å². The Hall–Kier alpha value is -1.35. The minimum atomic E-state index is -0.671. The summed E-state index contributed by atoms with van der Waals surface area (Å²) >= 11 is 0.